The molecule has 0 aliphatic carbocycles. The first-order valence-corrected chi connectivity index (χ1v) is 5.56. The highest BCUT2D eigenvalue weighted by Gasteiger charge is 2.48. The molecule has 0 spiro atoms. The normalized spacial score (nSPS) is 11.7. The molecule has 0 saturated carbocycles. The van der Waals surface area contributed by atoms with Gasteiger partial charge < -0.3 is 20.0 Å². The topological polar surface area (TPSA) is 132 Å². The number of carbonyl (C=O) groups is 2. The molecule has 0 unspecified atom stereocenters. The third kappa shape index (κ3) is 4.74. The predicted molar refractivity (Wildman–Crippen MR) is 56.3 cm³/mol. The first-order valence-electron chi connectivity index (χ1n) is 4.26. The van der Waals surface area contributed by atoms with Crippen LogP contribution in [0.3, 0.4) is 0 Å². The summed E-state index contributed by atoms with van der Waals surface area (Å²) in [7, 11) is -3.13. The van der Waals surface area contributed by atoms with E-state index in [0.29, 0.717) is 0 Å². The van der Waals surface area contributed by atoms with Gasteiger partial charge in [0.15, 0.2) is 0 Å². The van der Waals surface area contributed by atoms with Crippen molar-refractivity contribution in [3.05, 3.63) is 0 Å². The molecule has 0 aliphatic heterocycles. The van der Waals surface area contributed by atoms with Gasteiger partial charge in [0.05, 0.1) is 10.8 Å². The lowest BCUT2D eigenvalue weighted by atomic mass is 9.68. The fourth-order valence-electron chi connectivity index (χ4n) is 0.535. The van der Waals surface area contributed by atoms with Crippen molar-refractivity contribution in [2.75, 3.05) is 0 Å². The fourth-order valence-corrected chi connectivity index (χ4v) is 0.535. The SMILES string of the molecule is CC(C)(C(=O)O)C(C)(C)C(=O)O.O=[PH](O)O. The van der Waals surface area contributed by atoms with E-state index in [1.54, 1.807) is 0 Å². The Bertz CT molecular complexity index is 267. The summed E-state index contributed by atoms with van der Waals surface area (Å²) in [6.07, 6.45) is 0. The van der Waals surface area contributed by atoms with Crippen molar-refractivity contribution in [1.29, 1.82) is 0 Å². The number of aliphatic carboxylic acids is 2. The van der Waals surface area contributed by atoms with Gasteiger partial charge in [-0.3, -0.25) is 14.2 Å². The van der Waals surface area contributed by atoms with Crippen LogP contribution < -0.4 is 0 Å². The Hall–Kier alpha value is -0.910. The van der Waals surface area contributed by atoms with Crippen molar-refractivity contribution >= 4 is 20.2 Å². The van der Waals surface area contributed by atoms with Gasteiger partial charge in [0.1, 0.15) is 0 Å². The first kappa shape index (κ1) is 17.5. The highest BCUT2D eigenvalue weighted by atomic mass is 31.1. The van der Waals surface area contributed by atoms with Crippen molar-refractivity contribution in [2.45, 2.75) is 27.7 Å². The van der Waals surface area contributed by atoms with Crippen LogP contribution in [0.15, 0.2) is 0 Å². The van der Waals surface area contributed by atoms with Gasteiger partial charge in [0.2, 0.25) is 0 Å². The average molecular weight is 256 g/mol. The molecule has 96 valence electrons. The quantitative estimate of drug-likeness (QED) is 0.542. The minimum Gasteiger partial charge on any atom is -0.481 e. The van der Waals surface area contributed by atoms with Crippen LogP contribution in [-0.2, 0) is 14.2 Å². The zero-order valence-corrected chi connectivity index (χ0v) is 10.5. The van der Waals surface area contributed by atoms with Crippen LogP contribution in [0, 0.1) is 10.8 Å². The zero-order chi connectivity index (χ0) is 13.7. The maximum atomic E-state index is 10.7. The molecule has 0 aromatic rings. The maximum Gasteiger partial charge on any atom is 0.314 e. The van der Waals surface area contributed by atoms with Gasteiger partial charge in [-0.25, -0.2) is 0 Å². The number of carboxylic acid groups (broad SMARTS) is 2. The Kier molecular flexibility index (Phi) is 6.54. The molecule has 0 aromatic heterocycles. The Balaban J connectivity index is 0. The molecule has 0 saturated heterocycles. The number of carboxylic acids is 2. The molecule has 8 heteroatoms. The van der Waals surface area contributed by atoms with E-state index in [1.807, 2.05) is 0 Å². The van der Waals surface area contributed by atoms with Crippen molar-refractivity contribution in [3.63, 3.8) is 0 Å². The molecule has 0 fully saturated rings. The highest BCUT2D eigenvalue weighted by molar-refractivity contribution is 7.30. The molecule has 7 nitrogen and oxygen atoms in total. The van der Waals surface area contributed by atoms with Crippen LogP contribution in [0.25, 0.3) is 0 Å². The summed E-state index contributed by atoms with van der Waals surface area (Å²) in [6, 6.07) is 0. The lowest BCUT2D eigenvalue weighted by Crippen LogP contribution is -2.44. The lowest BCUT2D eigenvalue weighted by Gasteiger charge is -2.33. The van der Waals surface area contributed by atoms with E-state index >= 15 is 0 Å². The maximum absolute atomic E-state index is 10.7. The largest absolute Gasteiger partial charge is 0.481 e. The van der Waals surface area contributed by atoms with Crippen LogP contribution >= 0.6 is 8.25 Å². The molecular weight excluding hydrogens is 239 g/mol. The fraction of sp³-hybridized carbons (Fsp3) is 0.750. The Morgan fingerprint density at radius 3 is 1.06 bits per heavy atom. The smallest absolute Gasteiger partial charge is 0.314 e. The minimum atomic E-state index is -3.13. The molecule has 0 atom stereocenters. The lowest BCUT2D eigenvalue weighted by molar-refractivity contribution is -0.167. The molecule has 0 bridgehead atoms. The van der Waals surface area contributed by atoms with Gasteiger partial charge in [-0.05, 0) is 27.7 Å². The molecule has 0 amide bonds. The molecule has 0 aliphatic rings. The third-order valence-electron chi connectivity index (χ3n) is 2.63. The van der Waals surface area contributed by atoms with E-state index in [4.69, 9.17) is 24.6 Å². The van der Waals surface area contributed by atoms with E-state index in [0.717, 1.165) is 0 Å². The molecule has 16 heavy (non-hydrogen) atoms. The van der Waals surface area contributed by atoms with Gasteiger partial charge in [-0.15, -0.1) is 0 Å². The van der Waals surface area contributed by atoms with Gasteiger partial charge >= 0.3 is 20.2 Å². The van der Waals surface area contributed by atoms with Gasteiger partial charge in [-0.2, -0.15) is 0 Å². The van der Waals surface area contributed by atoms with E-state index in [2.05, 4.69) is 0 Å². The van der Waals surface area contributed by atoms with Gasteiger partial charge in [0, 0.05) is 0 Å². The van der Waals surface area contributed by atoms with Crippen LogP contribution in [0.2, 0.25) is 0 Å². The van der Waals surface area contributed by atoms with Crippen molar-refractivity contribution in [3.8, 4) is 0 Å². The summed E-state index contributed by atoms with van der Waals surface area (Å²) in [6.45, 7) is 5.62. The molecule has 0 aromatic carbocycles. The molecule has 4 N–H and O–H groups in total. The standard InChI is InChI=1S/C8H14O4.H3O3P/c1-7(2,5(9)10)8(3,4)6(11)12;1-4(2)3/h1-4H3,(H,9,10)(H,11,12);4H,(H2,1,2,3). The summed E-state index contributed by atoms with van der Waals surface area (Å²) in [5, 5.41) is 17.5. The summed E-state index contributed by atoms with van der Waals surface area (Å²) in [5.74, 6) is -2.20. The Labute approximate surface area is 93.7 Å². The van der Waals surface area contributed by atoms with E-state index in [1.165, 1.54) is 27.7 Å². The monoisotopic (exact) mass is 256 g/mol. The van der Waals surface area contributed by atoms with E-state index in [9.17, 15) is 9.59 Å². The molecule has 0 rings (SSSR count). The van der Waals surface area contributed by atoms with Crippen molar-refractivity contribution in [1.82, 2.24) is 0 Å². The number of rotatable bonds is 3. The second-order valence-corrected chi connectivity index (χ2v) is 4.71. The van der Waals surface area contributed by atoms with Gasteiger partial charge in [-0.1, -0.05) is 0 Å². The van der Waals surface area contributed by atoms with E-state index in [-0.39, 0.29) is 0 Å². The second-order valence-electron chi connectivity index (χ2n) is 4.14. The average Bonchev–Trinajstić information content (AvgIpc) is 2.01. The van der Waals surface area contributed by atoms with Crippen LogP contribution in [0.5, 0.6) is 0 Å². The van der Waals surface area contributed by atoms with Crippen LogP contribution in [-0.4, -0.2) is 31.9 Å². The molecule has 0 radical (unpaired) electrons. The van der Waals surface area contributed by atoms with E-state index < -0.39 is 31.0 Å². The van der Waals surface area contributed by atoms with Crippen molar-refractivity contribution in [2.24, 2.45) is 10.8 Å². The summed E-state index contributed by atoms with van der Waals surface area (Å²) < 4.78 is 8.74. The highest BCUT2D eigenvalue weighted by Crippen LogP contribution is 2.38. The molecule has 0 heterocycles. The minimum absolute atomic E-state index is 1.10. The van der Waals surface area contributed by atoms with Crippen LogP contribution in [0.1, 0.15) is 27.7 Å². The summed E-state index contributed by atoms with van der Waals surface area (Å²) >= 11 is 0. The third-order valence-corrected chi connectivity index (χ3v) is 2.63. The second kappa shape index (κ2) is 5.98. The Morgan fingerprint density at radius 1 is 0.875 bits per heavy atom. The van der Waals surface area contributed by atoms with Gasteiger partial charge in [0.25, 0.3) is 0 Å². The molecular formula is C8H17O7P. The summed E-state index contributed by atoms with van der Waals surface area (Å²) in [5.41, 5.74) is -2.53. The van der Waals surface area contributed by atoms with Crippen LogP contribution in [0.4, 0.5) is 0 Å². The zero-order valence-electron chi connectivity index (χ0n) is 9.51. The predicted octanol–water partition coefficient (Wildman–Crippen LogP) is 0.569. The summed E-state index contributed by atoms with van der Waals surface area (Å²) in [4.78, 5) is 35.7. The van der Waals surface area contributed by atoms with Crippen molar-refractivity contribution < 1.29 is 34.2 Å². The first-order chi connectivity index (χ1) is 6.87. The number of hydrogen-bond acceptors (Lipinski definition) is 3. The Morgan fingerprint density at radius 2 is 1.00 bits per heavy atom. The number of hydrogen-bond donors (Lipinski definition) is 4.